The summed E-state index contributed by atoms with van der Waals surface area (Å²) in [6, 6.07) is 48.8. The largest absolute Gasteiger partial charge is 0.288 e. The van der Waals surface area contributed by atoms with Gasteiger partial charge in [0, 0.05) is 23.6 Å². The van der Waals surface area contributed by atoms with Gasteiger partial charge in [0.1, 0.15) is 0 Å². The Morgan fingerprint density at radius 3 is 1.55 bits per heavy atom. The first-order valence-corrected chi connectivity index (χ1v) is 15.2. The minimum Gasteiger partial charge on any atom is -0.288 e. The molecule has 0 unspecified atom stereocenters. The van der Waals surface area contributed by atoms with E-state index in [2.05, 4.69) is 143 Å². The monoisotopic (exact) mass is 560 g/mol. The average Bonchev–Trinajstić information content (AvgIpc) is 3.09. The lowest BCUT2D eigenvalue weighted by Crippen LogP contribution is -1.99. The molecule has 2 aliphatic heterocycles. The van der Waals surface area contributed by atoms with Crippen molar-refractivity contribution in [1.29, 1.82) is 0 Å². The van der Waals surface area contributed by atoms with E-state index in [0.29, 0.717) is 0 Å². The molecule has 0 saturated carbocycles. The molecular weight excluding hydrogens is 532 g/mol. The Morgan fingerprint density at radius 1 is 0.386 bits per heavy atom. The van der Waals surface area contributed by atoms with E-state index in [1.165, 1.54) is 88.3 Å². The van der Waals surface area contributed by atoms with E-state index in [1.54, 1.807) is 0 Å². The van der Waals surface area contributed by atoms with Gasteiger partial charge in [0.05, 0.1) is 13.1 Å². The van der Waals surface area contributed by atoms with Crippen LogP contribution in [0.4, 0.5) is 0 Å². The smallest absolute Gasteiger partial charge is 0.0646 e. The second-order valence-electron chi connectivity index (χ2n) is 11.8. The van der Waals surface area contributed by atoms with Crippen LogP contribution in [-0.2, 0) is 13.1 Å². The number of aliphatic imine (C=N–C) groups is 2. The summed E-state index contributed by atoms with van der Waals surface area (Å²) >= 11 is 0. The summed E-state index contributed by atoms with van der Waals surface area (Å²) in [6.45, 7) is 1.53. The topological polar surface area (TPSA) is 24.7 Å². The number of hydrogen-bond acceptors (Lipinski definition) is 2. The Hall–Kier alpha value is -5.60. The highest BCUT2D eigenvalue weighted by Gasteiger charge is 2.15. The van der Waals surface area contributed by atoms with Crippen LogP contribution in [0.1, 0.15) is 22.3 Å². The first-order chi connectivity index (χ1) is 21.8. The van der Waals surface area contributed by atoms with E-state index >= 15 is 0 Å². The minimum absolute atomic E-state index is 0.759. The highest BCUT2D eigenvalue weighted by molar-refractivity contribution is 6.09. The second kappa shape index (κ2) is 10.00. The zero-order valence-electron chi connectivity index (χ0n) is 24.2. The number of rotatable bonds is 4. The van der Waals surface area contributed by atoms with Crippen LogP contribution >= 0.6 is 0 Å². The lowest BCUT2D eigenvalue weighted by molar-refractivity contribution is 1.08. The molecule has 2 heterocycles. The van der Waals surface area contributed by atoms with Crippen LogP contribution in [0.25, 0.3) is 66.1 Å². The molecule has 44 heavy (non-hydrogen) atoms. The zero-order chi connectivity index (χ0) is 29.0. The number of hydrogen-bond donors (Lipinski definition) is 0. The summed E-state index contributed by atoms with van der Waals surface area (Å²) in [5.41, 5.74) is 14.8. The average molecular weight is 561 g/mol. The maximum absolute atomic E-state index is 4.64. The molecule has 0 N–H and O–H groups in total. The highest BCUT2D eigenvalue weighted by Crippen LogP contribution is 2.36. The molecule has 206 valence electrons. The van der Waals surface area contributed by atoms with Crippen molar-refractivity contribution in [2.75, 3.05) is 0 Å². The molecule has 7 aromatic rings. The predicted octanol–water partition coefficient (Wildman–Crippen LogP) is 10.5. The molecule has 0 bridgehead atoms. The zero-order valence-corrected chi connectivity index (χ0v) is 24.2. The van der Waals surface area contributed by atoms with Gasteiger partial charge in [0.15, 0.2) is 0 Å². The Labute approximate surface area is 256 Å². The van der Waals surface area contributed by atoms with E-state index in [0.717, 1.165) is 13.1 Å². The molecule has 0 aromatic heterocycles. The van der Waals surface area contributed by atoms with Gasteiger partial charge < -0.3 is 0 Å². The summed E-state index contributed by atoms with van der Waals surface area (Å²) in [4.78, 5) is 9.21. The quantitative estimate of drug-likeness (QED) is 0.205. The number of nitrogens with zero attached hydrogens (tertiary/aromatic N) is 2. The van der Waals surface area contributed by atoms with Crippen LogP contribution in [0.5, 0.6) is 0 Å². The summed E-state index contributed by atoms with van der Waals surface area (Å²) in [5, 5.41) is 5.24. The Bertz CT molecular complexity index is 2290. The van der Waals surface area contributed by atoms with Gasteiger partial charge in [0.25, 0.3) is 0 Å². The fourth-order valence-electron chi connectivity index (χ4n) is 6.97. The first kappa shape index (κ1) is 24.9. The van der Waals surface area contributed by atoms with Crippen LogP contribution in [0.15, 0.2) is 143 Å². The van der Waals surface area contributed by atoms with Crippen molar-refractivity contribution in [1.82, 2.24) is 0 Å². The number of benzene rings is 7. The molecule has 2 nitrogen and oxygen atoms in total. The van der Waals surface area contributed by atoms with Crippen molar-refractivity contribution in [3.05, 3.63) is 156 Å². The molecule has 0 saturated heterocycles. The lowest BCUT2D eigenvalue weighted by Gasteiger charge is -2.16. The molecule has 2 heteroatoms. The molecule has 0 amide bonds. The van der Waals surface area contributed by atoms with Gasteiger partial charge in [-0.2, -0.15) is 0 Å². The van der Waals surface area contributed by atoms with Crippen LogP contribution in [0.2, 0.25) is 0 Å². The van der Waals surface area contributed by atoms with Gasteiger partial charge in [-0.05, 0) is 89.3 Å². The van der Waals surface area contributed by atoms with Crippen LogP contribution < -0.4 is 0 Å². The van der Waals surface area contributed by atoms with E-state index in [1.807, 2.05) is 12.4 Å². The van der Waals surface area contributed by atoms with E-state index in [4.69, 9.17) is 0 Å². The molecular formula is C42H28N2. The van der Waals surface area contributed by atoms with Gasteiger partial charge in [-0.3, -0.25) is 9.98 Å². The maximum Gasteiger partial charge on any atom is 0.0646 e. The predicted molar refractivity (Wildman–Crippen MR) is 186 cm³/mol. The Morgan fingerprint density at radius 2 is 0.909 bits per heavy atom. The van der Waals surface area contributed by atoms with Gasteiger partial charge in [-0.1, -0.05) is 121 Å². The van der Waals surface area contributed by atoms with Crippen molar-refractivity contribution < 1.29 is 0 Å². The summed E-state index contributed by atoms with van der Waals surface area (Å²) in [5.74, 6) is 0. The molecule has 2 aliphatic rings. The lowest BCUT2D eigenvalue weighted by atomic mass is 9.90. The second-order valence-corrected chi connectivity index (χ2v) is 11.8. The van der Waals surface area contributed by atoms with Crippen molar-refractivity contribution in [3.63, 3.8) is 0 Å². The van der Waals surface area contributed by atoms with Crippen molar-refractivity contribution in [3.8, 4) is 44.5 Å². The van der Waals surface area contributed by atoms with E-state index in [-0.39, 0.29) is 0 Å². The van der Waals surface area contributed by atoms with Gasteiger partial charge in [-0.15, -0.1) is 0 Å². The third-order valence-electron chi connectivity index (χ3n) is 9.21. The standard InChI is InChI=1S/C42H28N2/c1-3-33-19-20-39(40-26-44-24-36(6-1)42(33)40)32-17-15-30(16-18-32)28-9-7-27(8-10-28)29-11-13-31(14-12-29)37-21-34-4-2-5-35-23-43-25-38(22-37)41(34)35/h1-22,25-26H,23-24H2. The SMILES string of the molecule is C1=NCc2cccc3cc(-c4ccc(-c5ccc(-c6ccc(-c7ccc8cccc9c8c7C=NC9)cc6)cc5)cc4)cc1c23. The summed E-state index contributed by atoms with van der Waals surface area (Å²) < 4.78 is 0. The maximum atomic E-state index is 4.64. The van der Waals surface area contributed by atoms with Crippen LogP contribution in [-0.4, -0.2) is 12.4 Å². The highest BCUT2D eigenvalue weighted by atomic mass is 14.7. The van der Waals surface area contributed by atoms with Crippen LogP contribution in [0, 0.1) is 0 Å². The van der Waals surface area contributed by atoms with Crippen molar-refractivity contribution >= 4 is 34.0 Å². The van der Waals surface area contributed by atoms with Gasteiger partial charge >= 0.3 is 0 Å². The molecule has 0 fully saturated rings. The minimum atomic E-state index is 0.759. The van der Waals surface area contributed by atoms with Gasteiger partial charge in [-0.25, -0.2) is 0 Å². The molecule has 9 rings (SSSR count). The molecule has 0 aliphatic carbocycles. The van der Waals surface area contributed by atoms with Gasteiger partial charge in [0.2, 0.25) is 0 Å². The summed E-state index contributed by atoms with van der Waals surface area (Å²) in [7, 11) is 0. The normalized spacial score (nSPS) is 13.1. The Balaban J connectivity index is 0.974. The molecule has 0 spiro atoms. The van der Waals surface area contributed by atoms with Crippen molar-refractivity contribution in [2.45, 2.75) is 13.1 Å². The third kappa shape index (κ3) is 4.11. The van der Waals surface area contributed by atoms with E-state index < -0.39 is 0 Å². The molecule has 0 radical (unpaired) electrons. The first-order valence-electron chi connectivity index (χ1n) is 15.2. The molecule has 0 atom stereocenters. The summed E-state index contributed by atoms with van der Waals surface area (Å²) in [6.07, 6.45) is 4.07. The third-order valence-corrected chi connectivity index (χ3v) is 9.21. The van der Waals surface area contributed by atoms with Crippen LogP contribution in [0.3, 0.4) is 0 Å². The Kier molecular flexibility index (Phi) is 5.67. The fraction of sp³-hybridized carbons (Fsp3) is 0.0476. The van der Waals surface area contributed by atoms with E-state index in [9.17, 15) is 0 Å². The molecule has 7 aromatic carbocycles. The fourth-order valence-corrected chi connectivity index (χ4v) is 6.97. The van der Waals surface area contributed by atoms with Crippen molar-refractivity contribution in [2.24, 2.45) is 9.98 Å².